The molecular weight excluding hydrogens is 379 g/mol. The smallest absolute Gasteiger partial charge is 0.213 e. The molecule has 0 aromatic carbocycles. The van der Waals surface area contributed by atoms with Gasteiger partial charge in [0.15, 0.2) is 5.82 Å². The number of methoxy groups -OCH3 is 1. The molecule has 21 heavy (non-hydrogen) atoms. The fraction of sp³-hybridized carbons (Fsp3) is 0.400. The predicted octanol–water partition coefficient (Wildman–Crippen LogP) is 3.46. The molecule has 2 aromatic heterocycles. The molecule has 110 valence electrons. The van der Waals surface area contributed by atoms with Crippen LogP contribution in [0.15, 0.2) is 18.2 Å². The number of hydrogen-bond acceptors (Lipinski definition) is 5. The van der Waals surface area contributed by atoms with Crippen LogP contribution in [0.4, 0.5) is 5.82 Å². The van der Waals surface area contributed by atoms with E-state index in [1.807, 2.05) is 18.2 Å². The minimum atomic E-state index is 0.571. The second-order valence-corrected chi connectivity index (χ2v) is 6.04. The average Bonchev–Trinajstić information content (AvgIpc) is 3.34. The van der Waals surface area contributed by atoms with Gasteiger partial charge in [0.05, 0.1) is 16.4 Å². The van der Waals surface area contributed by atoms with Gasteiger partial charge in [0, 0.05) is 18.5 Å². The lowest BCUT2D eigenvalue weighted by molar-refractivity contribution is 0.398. The molecule has 0 unspecified atom stereocenters. The SMILES string of the molecule is CCNc1nc(-c2cccc(OC)n2)nc(C2CC2)c1I. The normalized spacial score (nSPS) is 14.0. The molecular formula is C15H17IN4O. The number of rotatable bonds is 5. The number of hydrogen-bond donors (Lipinski definition) is 1. The number of anilines is 1. The zero-order valence-corrected chi connectivity index (χ0v) is 14.2. The third-order valence-electron chi connectivity index (χ3n) is 3.35. The summed E-state index contributed by atoms with van der Waals surface area (Å²) in [5.41, 5.74) is 1.88. The summed E-state index contributed by atoms with van der Waals surface area (Å²) in [5, 5.41) is 3.32. The Morgan fingerprint density at radius 2 is 2.10 bits per heavy atom. The van der Waals surface area contributed by atoms with Crippen LogP contribution in [0.2, 0.25) is 0 Å². The van der Waals surface area contributed by atoms with E-state index in [1.165, 1.54) is 12.8 Å². The third kappa shape index (κ3) is 3.09. The Kier molecular flexibility index (Phi) is 4.23. The third-order valence-corrected chi connectivity index (χ3v) is 4.41. The molecule has 3 rings (SSSR count). The van der Waals surface area contributed by atoms with Crippen LogP contribution in [0.5, 0.6) is 5.88 Å². The molecule has 0 amide bonds. The number of nitrogens with zero attached hydrogens (tertiary/aromatic N) is 3. The Morgan fingerprint density at radius 1 is 1.29 bits per heavy atom. The zero-order chi connectivity index (χ0) is 14.8. The Hall–Kier alpha value is -1.44. The van der Waals surface area contributed by atoms with E-state index in [0.717, 1.165) is 27.3 Å². The van der Waals surface area contributed by atoms with Crippen LogP contribution in [0, 0.1) is 3.57 Å². The summed E-state index contributed by atoms with van der Waals surface area (Å²) >= 11 is 2.34. The number of nitrogens with one attached hydrogen (secondary N) is 1. The van der Waals surface area contributed by atoms with E-state index in [4.69, 9.17) is 9.72 Å². The first kappa shape index (κ1) is 14.5. The first-order valence-corrected chi connectivity index (χ1v) is 8.13. The second-order valence-electron chi connectivity index (χ2n) is 4.96. The van der Waals surface area contributed by atoms with Crippen LogP contribution in [0.3, 0.4) is 0 Å². The van der Waals surface area contributed by atoms with Gasteiger partial charge in [-0.15, -0.1) is 0 Å². The fourth-order valence-electron chi connectivity index (χ4n) is 2.14. The Morgan fingerprint density at radius 3 is 2.76 bits per heavy atom. The molecule has 1 saturated carbocycles. The van der Waals surface area contributed by atoms with Gasteiger partial charge in [-0.1, -0.05) is 6.07 Å². The van der Waals surface area contributed by atoms with Crippen molar-refractivity contribution in [2.75, 3.05) is 19.0 Å². The molecule has 2 aromatic rings. The van der Waals surface area contributed by atoms with E-state index in [2.05, 4.69) is 44.8 Å². The van der Waals surface area contributed by atoms with Gasteiger partial charge in [-0.25, -0.2) is 15.0 Å². The molecule has 0 bridgehead atoms. The maximum atomic E-state index is 5.18. The van der Waals surface area contributed by atoms with Crippen molar-refractivity contribution in [2.24, 2.45) is 0 Å². The van der Waals surface area contributed by atoms with Gasteiger partial charge in [0.25, 0.3) is 0 Å². The molecule has 0 atom stereocenters. The van der Waals surface area contributed by atoms with Gasteiger partial charge < -0.3 is 10.1 Å². The Balaban J connectivity index is 2.08. The maximum Gasteiger partial charge on any atom is 0.213 e. The van der Waals surface area contributed by atoms with Crippen molar-refractivity contribution in [2.45, 2.75) is 25.7 Å². The van der Waals surface area contributed by atoms with Crippen molar-refractivity contribution in [1.29, 1.82) is 0 Å². The van der Waals surface area contributed by atoms with Crippen molar-refractivity contribution < 1.29 is 4.74 Å². The van der Waals surface area contributed by atoms with Crippen LogP contribution in [-0.4, -0.2) is 28.6 Å². The standard InChI is InChI=1S/C15H17IN4O/c1-3-17-15-12(16)13(9-7-8-9)19-14(20-15)10-5-4-6-11(18-10)21-2/h4-6,9H,3,7-8H2,1-2H3,(H,17,19,20). The highest BCUT2D eigenvalue weighted by atomic mass is 127. The first-order valence-electron chi connectivity index (χ1n) is 7.05. The molecule has 6 heteroatoms. The minimum absolute atomic E-state index is 0.571. The molecule has 0 spiro atoms. The molecule has 0 aliphatic heterocycles. The van der Waals surface area contributed by atoms with Gasteiger partial charge in [0.2, 0.25) is 5.88 Å². The molecule has 1 N–H and O–H groups in total. The molecule has 1 aliphatic carbocycles. The number of ether oxygens (including phenoxy) is 1. The largest absolute Gasteiger partial charge is 0.481 e. The van der Waals surface area contributed by atoms with Crippen molar-refractivity contribution in [1.82, 2.24) is 15.0 Å². The molecule has 0 radical (unpaired) electrons. The van der Waals surface area contributed by atoms with E-state index < -0.39 is 0 Å². The maximum absolute atomic E-state index is 5.18. The Bertz CT molecular complexity index is 658. The highest BCUT2D eigenvalue weighted by Crippen LogP contribution is 2.42. The number of halogens is 1. The number of pyridine rings is 1. The van der Waals surface area contributed by atoms with Gasteiger partial charge in [0.1, 0.15) is 11.5 Å². The molecule has 5 nitrogen and oxygen atoms in total. The van der Waals surface area contributed by atoms with Crippen LogP contribution in [0.25, 0.3) is 11.5 Å². The molecule has 1 aliphatic rings. The van der Waals surface area contributed by atoms with Crippen molar-refractivity contribution in [3.05, 3.63) is 27.5 Å². The van der Waals surface area contributed by atoms with Crippen molar-refractivity contribution in [3.63, 3.8) is 0 Å². The van der Waals surface area contributed by atoms with Gasteiger partial charge in [-0.05, 0) is 48.4 Å². The van der Waals surface area contributed by atoms with Gasteiger partial charge in [-0.3, -0.25) is 0 Å². The van der Waals surface area contributed by atoms with Crippen LogP contribution >= 0.6 is 22.6 Å². The topological polar surface area (TPSA) is 59.9 Å². The highest BCUT2D eigenvalue weighted by Gasteiger charge is 2.29. The summed E-state index contributed by atoms with van der Waals surface area (Å²) in [7, 11) is 1.61. The highest BCUT2D eigenvalue weighted by molar-refractivity contribution is 14.1. The lowest BCUT2D eigenvalue weighted by Crippen LogP contribution is -2.08. The lowest BCUT2D eigenvalue weighted by atomic mass is 10.2. The van der Waals surface area contributed by atoms with Crippen molar-refractivity contribution in [3.8, 4) is 17.4 Å². The predicted molar refractivity (Wildman–Crippen MR) is 90.7 cm³/mol. The van der Waals surface area contributed by atoms with E-state index in [0.29, 0.717) is 17.6 Å². The Labute approximate surface area is 137 Å². The van der Waals surface area contributed by atoms with Crippen LogP contribution < -0.4 is 10.1 Å². The van der Waals surface area contributed by atoms with E-state index in [1.54, 1.807) is 7.11 Å². The first-order chi connectivity index (χ1) is 10.2. The minimum Gasteiger partial charge on any atom is -0.481 e. The summed E-state index contributed by atoms with van der Waals surface area (Å²) < 4.78 is 6.31. The second kappa shape index (κ2) is 6.13. The summed E-state index contributed by atoms with van der Waals surface area (Å²) in [6.07, 6.45) is 2.42. The van der Waals surface area contributed by atoms with E-state index in [-0.39, 0.29) is 0 Å². The quantitative estimate of drug-likeness (QED) is 0.785. The molecule has 1 fully saturated rings. The zero-order valence-electron chi connectivity index (χ0n) is 12.1. The summed E-state index contributed by atoms with van der Waals surface area (Å²) in [4.78, 5) is 13.8. The van der Waals surface area contributed by atoms with Crippen molar-refractivity contribution >= 4 is 28.4 Å². The molecule has 0 saturated heterocycles. The number of aromatic nitrogens is 3. The fourth-order valence-corrected chi connectivity index (χ4v) is 3.02. The summed E-state index contributed by atoms with van der Waals surface area (Å²) in [6.45, 7) is 2.90. The average molecular weight is 396 g/mol. The van der Waals surface area contributed by atoms with Gasteiger partial charge in [-0.2, -0.15) is 0 Å². The summed E-state index contributed by atoms with van der Waals surface area (Å²) in [5.74, 6) is 2.70. The van der Waals surface area contributed by atoms with E-state index >= 15 is 0 Å². The summed E-state index contributed by atoms with van der Waals surface area (Å²) in [6, 6.07) is 5.65. The van der Waals surface area contributed by atoms with Gasteiger partial charge >= 0.3 is 0 Å². The lowest BCUT2D eigenvalue weighted by Gasteiger charge is -2.12. The van der Waals surface area contributed by atoms with Crippen LogP contribution in [0.1, 0.15) is 31.4 Å². The van der Waals surface area contributed by atoms with E-state index in [9.17, 15) is 0 Å². The molecule has 2 heterocycles. The van der Waals surface area contributed by atoms with Crippen LogP contribution in [-0.2, 0) is 0 Å². The monoisotopic (exact) mass is 396 g/mol.